The van der Waals surface area contributed by atoms with Crippen LogP contribution >= 0.6 is 0 Å². The summed E-state index contributed by atoms with van der Waals surface area (Å²) < 4.78 is 5.71. The molecule has 0 aliphatic carbocycles. The van der Waals surface area contributed by atoms with Gasteiger partial charge < -0.3 is 9.84 Å². The zero-order valence-corrected chi connectivity index (χ0v) is 10.8. The molecule has 94 valence electrons. The van der Waals surface area contributed by atoms with Gasteiger partial charge in [0, 0.05) is 12.3 Å². The minimum absolute atomic E-state index is 0.507. The van der Waals surface area contributed by atoms with Crippen LogP contribution in [0.2, 0.25) is 0 Å². The fourth-order valence-electron chi connectivity index (χ4n) is 1.73. The Kier molecular flexibility index (Phi) is 3.63. The third-order valence-corrected chi connectivity index (χ3v) is 2.79. The van der Waals surface area contributed by atoms with Gasteiger partial charge in [-0.1, -0.05) is 17.7 Å². The zero-order valence-electron chi connectivity index (χ0n) is 10.8. The van der Waals surface area contributed by atoms with Gasteiger partial charge in [-0.3, -0.25) is 0 Å². The number of hydrogen-bond donors (Lipinski definition) is 1. The van der Waals surface area contributed by atoms with Crippen molar-refractivity contribution >= 4 is 0 Å². The fourth-order valence-corrected chi connectivity index (χ4v) is 1.73. The van der Waals surface area contributed by atoms with E-state index in [0.29, 0.717) is 5.88 Å². The minimum Gasteiger partial charge on any atom is -0.439 e. The second-order valence-corrected chi connectivity index (χ2v) is 4.48. The fraction of sp³-hybridized carbons (Fsp3) is 0.267. The van der Waals surface area contributed by atoms with Gasteiger partial charge in [0.2, 0.25) is 5.88 Å². The molecule has 0 unspecified atom stereocenters. The Hall–Kier alpha value is -1.87. The molecule has 18 heavy (non-hydrogen) atoms. The van der Waals surface area contributed by atoms with Crippen molar-refractivity contribution in [2.75, 3.05) is 0 Å². The molecule has 3 heteroatoms. The molecule has 2 aromatic rings. The van der Waals surface area contributed by atoms with Crippen molar-refractivity contribution in [3.63, 3.8) is 0 Å². The first kappa shape index (κ1) is 12.6. The van der Waals surface area contributed by atoms with E-state index >= 15 is 0 Å². The second-order valence-electron chi connectivity index (χ2n) is 4.48. The maximum absolute atomic E-state index is 9.40. The van der Waals surface area contributed by atoms with E-state index in [9.17, 15) is 5.11 Å². The molecule has 1 N–H and O–H groups in total. The molecule has 0 aliphatic rings. The van der Waals surface area contributed by atoms with Crippen molar-refractivity contribution in [3.05, 3.63) is 53.2 Å². The average Bonchev–Trinajstić information content (AvgIpc) is 2.33. The zero-order chi connectivity index (χ0) is 13.1. The predicted octanol–water partition coefficient (Wildman–Crippen LogP) is 3.54. The summed E-state index contributed by atoms with van der Waals surface area (Å²) in [5, 5.41) is 9.40. The van der Waals surface area contributed by atoms with Gasteiger partial charge in [-0.2, -0.15) is 0 Å². The number of aliphatic hydroxyl groups is 1. The highest BCUT2D eigenvalue weighted by atomic mass is 16.5. The van der Waals surface area contributed by atoms with Crippen molar-refractivity contribution in [3.8, 4) is 11.6 Å². The Labute approximate surface area is 107 Å². The molecule has 0 saturated heterocycles. The number of ether oxygens (including phenoxy) is 1. The van der Waals surface area contributed by atoms with E-state index < -0.39 is 6.10 Å². The number of hydrogen-bond acceptors (Lipinski definition) is 3. The SMILES string of the molecule is Cc1ccc(Oc2ccc([C@H](C)O)cn2)c(C)c1. The van der Waals surface area contributed by atoms with Gasteiger partial charge in [0.25, 0.3) is 0 Å². The number of benzene rings is 1. The van der Waals surface area contributed by atoms with Crippen molar-refractivity contribution in [2.45, 2.75) is 26.9 Å². The first-order valence-electron chi connectivity index (χ1n) is 5.95. The van der Waals surface area contributed by atoms with Gasteiger partial charge in [0.15, 0.2) is 0 Å². The topological polar surface area (TPSA) is 42.4 Å². The number of aliphatic hydroxyl groups excluding tert-OH is 1. The molecule has 3 nitrogen and oxygen atoms in total. The van der Waals surface area contributed by atoms with Crippen LogP contribution in [-0.4, -0.2) is 10.1 Å². The Morgan fingerprint density at radius 2 is 1.94 bits per heavy atom. The van der Waals surface area contributed by atoms with E-state index in [4.69, 9.17) is 4.74 Å². The van der Waals surface area contributed by atoms with Gasteiger partial charge in [0.1, 0.15) is 5.75 Å². The molecule has 1 aromatic carbocycles. The summed E-state index contributed by atoms with van der Waals surface area (Å²) in [5.74, 6) is 1.34. The van der Waals surface area contributed by atoms with Crippen LogP contribution in [-0.2, 0) is 0 Å². The maximum Gasteiger partial charge on any atom is 0.219 e. The first-order chi connectivity index (χ1) is 8.56. The normalized spacial score (nSPS) is 12.2. The van der Waals surface area contributed by atoms with Crippen molar-refractivity contribution in [1.82, 2.24) is 4.98 Å². The van der Waals surface area contributed by atoms with E-state index in [2.05, 4.69) is 11.1 Å². The lowest BCUT2D eigenvalue weighted by atomic mass is 10.1. The third kappa shape index (κ3) is 2.87. The van der Waals surface area contributed by atoms with Crippen LogP contribution in [0.4, 0.5) is 0 Å². The number of rotatable bonds is 3. The van der Waals surface area contributed by atoms with Crippen LogP contribution in [0, 0.1) is 13.8 Å². The van der Waals surface area contributed by atoms with Gasteiger partial charge in [-0.15, -0.1) is 0 Å². The van der Waals surface area contributed by atoms with Crippen molar-refractivity contribution in [1.29, 1.82) is 0 Å². The van der Waals surface area contributed by atoms with Crippen molar-refractivity contribution < 1.29 is 9.84 Å². The monoisotopic (exact) mass is 243 g/mol. The smallest absolute Gasteiger partial charge is 0.219 e. The summed E-state index contributed by atoms with van der Waals surface area (Å²) in [6.07, 6.45) is 1.12. The summed E-state index contributed by atoms with van der Waals surface area (Å²) in [4.78, 5) is 4.18. The van der Waals surface area contributed by atoms with Crippen LogP contribution in [0.1, 0.15) is 29.7 Å². The summed E-state index contributed by atoms with van der Waals surface area (Å²) >= 11 is 0. The molecule has 1 heterocycles. The minimum atomic E-state index is -0.507. The van der Waals surface area contributed by atoms with Crippen LogP contribution in [0.25, 0.3) is 0 Å². The van der Waals surface area contributed by atoms with Crippen LogP contribution in [0.15, 0.2) is 36.5 Å². The summed E-state index contributed by atoms with van der Waals surface area (Å²) in [5.41, 5.74) is 3.07. The number of nitrogens with zero attached hydrogens (tertiary/aromatic N) is 1. The molecule has 0 spiro atoms. The molecule has 0 saturated carbocycles. The van der Waals surface area contributed by atoms with Gasteiger partial charge in [0.05, 0.1) is 6.10 Å². The number of aryl methyl sites for hydroxylation is 2. The van der Waals surface area contributed by atoms with Gasteiger partial charge in [-0.25, -0.2) is 4.98 Å². The molecule has 2 rings (SSSR count). The molecule has 0 fully saturated rings. The first-order valence-corrected chi connectivity index (χ1v) is 5.95. The van der Waals surface area contributed by atoms with Crippen LogP contribution in [0.5, 0.6) is 11.6 Å². The lowest BCUT2D eigenvalue weighted by molar-refractivity contribution is 0.198. The second kappa shape index (κ2) is 5.19. The van der Waals surface area contributed by atoms with Crippen molar-refractivity contribution in [2.24, 2.45) is 0 Å². The molecule has 0 radical (unpaired) electrons. The van der Waals surface area contributed by atoms with E-state index in [0.717, 1.165) is 16.9 Å². The third-order valence-electron chi connectivity index (χ3n) is 2.79. The number of aromatic nitrogens is 1. The highest BCUT2D eigenvalue weighted by molar-refractivity contribution is 5.38. The lowest BCUT2D eigenvalue weighted by Crippen LogP contribution is -1.94. The summed E-state index contributed by atoms with van der Waals surface area (Å²) in [7, 11) is 0. The summed E-state index contributed by atoms with van der Waals surface area (Å²) in [6.45, 7) is 5.76. The molecule has 1 aromatic heterocycles. The van der Waals surface area contributed by atoms with Gasteiger partial charge >= 0.3 is 0 Å². The van der Waals surface area contributed by atoms with Gasteiger partial charge in [-0.05, 0) is 44.0 Å². The highest BCUT2D eigenvalue weighted by Crippen LogP contribution is 2.24. The van der Waals surface area contributed by atoms with E-state index in [1.165, 1.54) is 5.56 Å². The Morgan fingerprint density at radius 3 is 2.50 bits per heavy atom. The average molecular weight is 243 g/mol. The van der Waals surface area contributed by atoms with E-state index in [-0.39, 0.29) is 0 Å². The van der Waals surface area contributed by atoms with E-state index in [1.807, 2.05) is 32.0 Å². The molecular formula is C15H17NO2. The maximum atomic E-state index is 9.40. The molecule has 0 aliphatic heterocycles. The largest absolute Gasteiger partial charge is 0.439 e. The Morgan fingerprint density at radius 1 is 1.17 bits per heavy atom. The van der Waals surface area contributed by atoms with Crippen LogP contribution in [0.3, 0.4) is 0 Å². The standard InChI is InChI=1S/C15H17NO2/c1-10-4-6-14(11(2)8-10)18-15-7-5-13(9-16-15)12(3)17/h4-9,12,17H,1-3H3/t12-/m0/s1. The Bertz CT molecular complexity index is 533. The molecule has 0 amide bonds. The lowest BCUT2D eigenvalue weighted by Gasteiger charge is -2.09. The summed E-state index contributed by atoms with van der Waals surface area (Å²) in [6, 6.07) is 9.60. The number of pyridine rings is 1. The molecule has 1 atom stereocenters. The predicted molar refractivity (Wildman–Crippen MR) is 70.9 cm³/mol. The highest BCUT2D eigenvalue weighted by Gasteiger charge is 2.04. The molecular weight excluding hydrogens is 226 g/mol. The quantitative estimate of drug-likeness (QED) is 0.896. The van der Waals surface area contributed by atoms with Crippen LogP contribution < -0.4 is 4.74 Å². The van der Waals surface area contributed by atoms with E-state index in [1.54, 1.807) is 19.2 Å². The molecule has 0 bridgehead atoms. The Balaban J connectivity index is 2.18.